The van der Waals surface area contributed by atoms with Crippen LogP contribution >= 0.6 is 11.6 Å². The average Bonchev–Trinajstić information content (AvgIpc) is 2.09. The minimum atomic E-state index is -1.12. The van der Waals surface area contributed by atoms with E-state index in [1.165, 1.54) is 0 Å². The van der Waals surface area contributed by atoms with Crippen LogP contribution in [0.5, 0.6) is 0 Å². The van der Waals surface area contributed by atoms with Gasteiger partial charge in [-0.1, -0.05) is 0 Å². The number of halogens is 1. The Kier molecular flexibility index (Phi) is 5.69. The van der Waals surface area contributed by atoms with Crippen LogP contribution in [0.3, 0.4) is 0 Å². The molecule has 0 saturated carbocycles. The molecule has 0 saturated heterocycles. The van der Waals surface area contributed by atoms with Crippen LogP contribution in [0.1, 0.15) is 48.5 Å². The summed E-state index contributed by atoms with van der Waals surface area (Å²) in [6.45, 7) is 12.9. The number of alkyl halides is 1. The molecule has 4 nitrogen and oxygen atoms in total. The molecule has 0 aromatic carbocycles. The van der Waals surface area contributed by atoms with Crippen LogP contribution < -0.4 is 0 Å². The van der Waals surface area contributed by atoms with Gasteiger partial charge in [0.25, 0.3) is 0 Å². The average molecular weight is 255 g/mol. The van der Waals surface area contributed by atoms with Crippen molar-refractivity contribution in [1.82, 2.24) is 0 Å². The quantitative estimate of drug-likeness (QED) is 0.326. The van der Waals surface area contributed by atoms with Gasteiger partial charge in [-0.2, -0.15) is 9.78 Å². The van der Waals surface area contributed by atoms with E-state index in [1.54, 1.807) is 6.92 Å². The zero-order chi connectivity index (χ0) is 13.0. The number of hydrogen-bond acceptors (Lipinski definition) is 4. The molecule has 0 bridgehead atoms. The monoisotopic (exact) mass is 254 g/mol. The third-order valence-corrected chi connectivity index (χ3v) is 1.66. The molecule has 98 valence electrons. The van der Waals surface area contributed by atoms with Crippen LogP contribution in [0.4, 0.5) is 0 Å². The number of rotatable bonds is 5. The van der Waals surface area contributed by atoms with E-state index in [4.69, 9.17) is 31.2 Å². The summed E-state index contributed by atoms with van der Waals surface area (Å²) in [6.07, 6.45) is 0. The number of hydrogen-bond donors (Lipinski definition) is 0. The first-order valence-corrected chi connectivity index (χ1v) is 5.81. The van der Waals surface area contributed by atoms with Crippen LogP contribution in [0, 0.1) is 0 Å². The molecule has 0 aliphatic rings. The predicted molar refractivity (Wildman–Crippen MR) is 63.0 cm³/mol. The van der Waals surface area contributed by atoms with Crippen LogP contribution in [-0.2, 0) is 19.6 Å². The van der Waals surface area contributed by atoms with Gasteiger partial charge >= 0.3 is 0 Å². The lowest BCUT2D eigenvalue weighted by Crippen LogP contribution is -2.40. The Morgan fingerprint density at radius 2 is 1.00 bits per heavy atom. The second-order valence-corrected chi connectivity index (χ2v) is 6.09. The lowest BCUT2D eigenvalue weighted by molar-refractivity contribution is -0.530. The molecule has 0 N–H and O–H groups in total. The molecule has 0 aromatic heterocycles. The molecular formula is C11H23ClO4. The Morgan fingerprint density at radius 1 is 0.688 bits per heavy atom. The van der Waals surface area contributed by atoms with Crippen LogP contribution in [0.15, 0.2) is 0 Å². The molecule has 0 spiro atoms. The Hall–Kier alpha value is 0.130. The first-order valence-electron chi connectivity index (χ1n) is 5.27. The second kappa shape index (κ2) is 5.65. The van der Waals surface area contributed by atoms with Crippen molar-refractivity contribution < 1.29 is 19.6 Å². The normalized spacial score (nSPS) is 14.2. The van der Waals surface area contributed by atoms with Gasteiger partial charge in [0.2, 0.25) is 5.79 Å². The van der Waals surface area contributed by atoms with Crippen molar-refractivity contribution in [2.45, 2.75) is 65.5 Å². The van der Waals surface area contributed by atoms with E-state index >= 15 is 0 Å². The van der Waals surface area contributed by atoms with Gasteiger partial charge in [-0.05, 0) is 48.5 Å². The molecule has 0 rings (SSSR count). The topological polar surface area (TPSA) is 36.9 Å². The summed E-state index contributed by atoms with van der Waals surface area (Å²) >= 11 is 5.76. The summed E-state index contributed by atoms with van der Waals surface area (Å²) < 4.78 is 0. The fraction of sp³-hybridized carbons (Fsp3) is 1.00. The Morgan fingerprint density at radius 3 is 1.19 bits per heavy atom. The molecule has 0 radical (unpaired) electrons. The van der Waals surface area contributed by atoms with Crippen molar-refractivity contribution >= 4 is 11.6 Å². The Bertz CT molecular complexity index is 187. The summed E-state index contributed by atoms with van der Waals surface area (Å²) in [5.41, 5.74) is -0.864. The first kappa shape index (κ1) is 16.1. The highest BCUT2D eigenvalue weighted by Crippen LogP contribution is 2.22. The predicted octanol–water partition coefficient (Wildman–Crippen LogP) is 3.43. The van der Waals surface area contributed by atoms with E-state index in [1.807, 2.05) is 41.5 Å². The zero-order valence-electron chi connectivity index (χ0n) is 11.2. The van der Waals surface area contributed by atoms with Gasteiger partial charge in [0, 0.05) is 0 Å². The SMILES string of the molecule is CC(C)(C)OOC(C)(CCl)OOC(C)(C)C. The van der Waals surface area contributed by atoms with E-state index in [0.717, 1.165) is 0 Å². The van der Waals surface area contributed by atoms with E-state index < -0.39 is 17.0 Å². The fourth-order valence-electron chi connectivity index (χ4n) is 0.485. The maximum atomic E-state index is 5.76. The molecule has 0 amide bonds. The largest absolute Gasteiger partial charge is 0.244 e. The van der Waals surface area contributed by atoms with Gasteiger partial charge < -0.3 is 0 Å². The molecular weight excluding hydrogens is 232 g/mol. The summed E-state index contributed by atoms with van der Waals surface area (Å²) in [7, 11) is 0. The van der Waals surface area contributed by atoms with Crippen molar-refractivity contribution in [2.75, 3.05) is 5.88 Å². The van der Waals surface area contributed by atoms with E-state index in [9.17, 15) is 0 Å². The first-order chi connectivity index (χ1) is 6.97. The van der Waals surface area contributed by atoms with Gasteiger partial charge in [-0.25, -0.2) is 9.78 Å². The lowest BCUT2D eigenvalue weighted by atomic mass is 10.2. The third kappa shape index (κ3) is 8.30. The summed E-state index contributed by atoms with van der Waals surface area (Å²) in [4.78, 5) is 20.6. The standard InChI is InChI=1S/C11H23ClO4/c1-9(2,3)13-15-11(7,8-12)16-14-10(4,5)6/h8H2,1-7H3. The molecule has 0 aromatic rings. The maximum absolute atomic E-state index is 5.76. The maximum Gasteiger partial charge on any atom is 0.244 e. The van der Waals surface area contributed by atoms with Crippen LogP contribution in [0.2, 0.25) is 0 Å². The van der Waals surface area contributed by atoms with E-state index in [0.29, 0.717) is 0 Å². The van der Waals surface area contributed by atoms with Gasteiger partial charge in [-0.15, -0.1) is 11.6 Å². The highest BCUT2D eigenvalue weighted by atomic mass is 35.5. The molecule has 0 aliphatic carbocycles. The lowest BCUT2D eigenvalue weighted by Gasteiger charge is -2.31. The van der Waals surface area contributed by atoms with Crippen molar-refractivity contribution in [3.05, 3.63) is 0 Å². The van der Waals surface area contributed by atoms with Gasteiger partial charge in [-0.3, -0.25) is 0 Å². The minimum absolute atomic E-state index is 0.0964. The highest BCUT2D eigenvalue weighted by molar-refractivity contribution is 6.18. The molecule has 0 heterocycles. The van der Waals surface area contributed by atoms with Gasteiger partial charge in [0.05, 0.1) is 17.1 Å². The fourth-order valence-corrected chi connectivity index (χ4v) is 0.574. The molecule has 0 unspecified atom stereocenters. The highest BCUT2D eigenvalue weighted by Gasteiger charge is 2.32. The van der Waals surface area contributed by atoms with Gasteiger partial charge in [0.15, 0.2) is 0 Å². The Balaban J connectivity index is 4.21. The third-order valence-electron chi connectivity index (χ3n) is 1.18. The van der Waals surface area contributed by atoms with Crippen molar-refractivity contribution in [1.29, 1.82) is 0 Å². The molecule has 16 heavy (non-hydrogen) atoms. The summed E-state index contributed by atoms with van der Waals surface area (Å²) in [6, 6.07) is 0. The van der Waals surface area contributed by atoms with E-state index in [-0.39, 0.29) is 5.88 Å². The van der Waals surface area contributed by atoms with Crippen molar-refractivity contribution in [2.24, 2.45) is 0 Å². The van der Waals surface area contributed by atoms with Crippen LogP contribution in [0.25, 0.3) is 0 Å². The van der Waals surface area contributed by atoms with Crippen LogP contribution in [-0.4, -0.2) is 22.9 Å². The molecule has 0 aliphatic heterocycles. The van der Waals surface area contributed by atoms with E-state index in [2.05, 4.69) is 0 Å². The molecule has 0 atom stereocenters. The summed E-state index contributed by atoms with van der Waals surface area (Å²) in [5.74, 6) is -1.03. The zero-order valence-corrected chi connectivity index (χ0v) is 12.0. The second-order valence-electron chi connectivity index (χ2n) is 5.83. The minimum Gasteiger partial charge on any atom is -0.228 e. The smallest absolute Gasteiger partial charge is 0.228 e. The molecule has 0 fully saturated rings. The van der Waals surface area contributed by atoms with Crippen molar-refractivity contribution in [3.63, 3.8) is 0 Å². The van der Waals surface area contributed by atoms with Gasteiger partial charge in [0.1, 0.15) is 0 Å². The molecule has 5 heteroatoms. The summed E-state index contributed by atoms with van der Waals surface area (Å²) in [5, 5.41) is 0. The Labute approximate surface area is 103 Å². The van der Waals surface area contributed by atoms with Crippen molar-refractivity contribution in [3.8, 4) is 0 Å².